The van der Waals surface area contributed by atoms with Crippen LogP contribution >= 0.6 is 0 Å². The summed E-state index contributed by atoms with van der Waals surface area (Å²) in [6, 6.07) is 5.96. The zero-order valence-electron chi connectivity index (χ0n) is 17.6. The molecule has 2 aliphatic rings. The standard InChI is InChI=1S/C21H30N4O4S/c1-28-20-12-17-18(13-21(20)29-2)23-8-5-19(17)24-10-6-15(7-11-24)16-4-3-9-25(14-16)30(22,26)27/h5,8,12-13,15-16H,3-4,6-7,9-11,14H2,1-2H3,(H2,22,26,27). The summed E-state index contributed by atoms with van der Waals surface area (Å²) >= 11 is 0. The molecule has 8 nitrogen and oxygen atoms in total. The van der Waals surface area contributed by atoms with Gasteiger partial charge in [0, 0.05) is 49.5 Å². The summed E-state index contributed by atoms with van der Waals surface area (Å²) in [5.74, 6) is 2.27. The minimum atomic E-state index is -3.59. The van der Waals surface area contributed by atoms with Crippen LogP contribution in [0.25, 0.3) is 10.9 Å². The van der Waals surface area contributed by atoms with Gasteiger partial charge in [-0.05, 0) is 49.7 Å². The predicted molar refractivity (Wildman–Crippen MR) is 117 cm³/mol. The number of pyridine rings is 1. The highest BCUT2D eigenvalue weighted by molar-refractivity contribution is 7.86. The molecule has 1 atom stereocenters. The van der Waals surface area contributed by atoms with Crippen molar-refractivity contribution in [2.45, 2.75) is 25.7 Å². The summed E-state index contributed by atoms with van der Waals surface area (Å²) in [5, 5.41) is 6.41. The normalized spacial score (nSPS) is 21.7. The van der Waals surface area contributed by atoms with E-state index in [1.54, 1.807) is 14.2 Å². The van der Waals surface area contributed by atoms with Crippen molar-refractivity contribution >= 4 is 26.8 Å². The Kier molecular flexibility index (Phi) is 6.04. The van der Waals surface area contributed by atoms with Gasteiger partial charge >= 0.3 is 0 Å². The molecule has 1 aromatic heterocycles. The highest BCUT2D eigenvalue weighted by atomic mass is 32.2. The van der Waals surface area contributed by atoms with Crippen molar-refractivity contribution in [1.82, 2.24) is 9.29 Å². The van der Waals surface area contributed by atoms with Gasteiger partial charge in [-0.2, -0.15) is 12.7 Å². The number of anilines is 1. The number of benzene rings is 1. The number of fused-ring (bicyclic) bond motifs is 1. The van der Waals surface area contributed by atoms with E-state index in [-0.39, 0.29) is 0 Å². The van der Waals surface area contributed by atoms with Crippen LogP contribution in [-0.4, -0.2) is 58.1 Å². The lowest BCUT2D eigenvalue weighted by Crippen LogP contribution is -2.46. The Morgan fingerprint density at radius 3 is 2.40 bits per heavy atom. The molecular weight excluding hydrogens is 404 g/mol. The van der Waals surface area contributed by atoms with E-state index in [0.717, 1.165) is 55.4 Å². The summed E-state index contributed by atoms with van der Waals surface area (Å²) in [7, 11) is -0.329. The van der Waals surface area contributed by atoms with Crippen molar-refractivity contribution in [2.75, 3.05) is 45.3 Å². The van der Waals surface area contributed by atoms with Crippen LogP contribution in [-0.2, 0) is 10.2 Å². The maximum Gasteiger partial charge on any atom is 0.276 e. The van der Waals surface area contributed by atoms with Crippen LogP contribution < -0.4 is 19.5 Å². The number of ether oxygens (including phenoxy) is 2. The summed E-state index contributed by atoms with van der Waals surface area (Å²) in [6.07, 6.45) is 5.88. The van der Waals surface area contributed by atoms with Gasteiger partial charge in [0.1, 0.15) is 0 Å². The summed E-state index contributed by atoms with van der Waals surface area (Å²) < 4.78 is 35.8. The molecular formula is C21H30N4O4S. The third kappa shape index (κ3) is 4.19. The zero-order chi connectivity index (χ0) is 21.3. The van der Waals surface area contributed by atoms with Crippen molar-refractivity contribution < 1.29 is 17.9 Å². The van der Waals surface area contributed by atoms with Crippen LogP contribution in [0.1, 0.15) is 25.7 Å². The third-order valence-electron chi connectivity index (χ3n) is 6.55. The Bertz CT molecular complexity index is 1010. The molecule has 2 saturated heterocycles. The highest BCUT2D eigenvalue weighted by Crippen LogP contribution is 2.38. The first kappa shape index (κ1) is 21.1. The fourth-order valence-electron chi connectivity index (χ4n) is 4.94. The number of nitrogens with zero attached hydrogens (tertiary/aromatic N) is 3. The fourth-order valence-corrected chi connectivity index (χ4v) is 5.72. The second kappa shape index (κ2) is 8.56. The Balaban J connectivity index is 1.50. The molecule has 9 heteroatoms. The Morgan fingerprint density at radius 2 is 1.73 bits per heavy atom. The van der Waals surface area contributed by atoms with E-state index in [2.05, 4.69) is 16.0 Å². The van der Waals surface area contributed by atoms with Crippen molar-refractivity contribution in [3.05, 3.63) is 24.4 Å². The number of nitrogens with two attached hydrogens (primary N) is 1. The lowest BCUT2D eigenvalue weighted by Gasteiger charge is -2.40. The lowest BCUT2D eigenvalue weighted by molar-refractivity contribution is 0.177. The number of hydrogen-bond donors (Lipinski definition) is 1. The predicted octanol–water partition coefficient (Wildman–Crippen LogP) is 2.38. The SMILES string of the molecule is COc1cc2nccc(N3CCC(C4CCCN(S(N)(=O)=O)C4)CC3)c2cc1OC. The molecule has 2 aromatic rings. The van der Waals surface area contributed by atoms with Gasteiger partial charge in [-0.25, -0.2) is 5.14 Å². The molecule has 0 saturated carbocycles. The number of rotatable bonds is 5. The first-order valence-electron chi connectivity index (χ1n) is 10.4. The monoisotopic (exact) mass is 434 g/mol. The topological polar surface area (TPSA) is 98.0 Å². The van der Waals surface area contributed by atoms with Gasteiger partial charge in [0.05, 0.1) is 19.7 Å². The number of hydrogen-bond acceptors (Lipinski definition) is 6. The van der Waals surface area contributed by atoms with E-state index in [9.17, 15) is 8.42 Å². The molecule has 0 radical (unpaired) electrons. The van der Waals surface area contributed by atoms with Crippen molar-refractivity contribution in [3.63, 3.8) is 0 Å². The summed E-state index contributed by atoms with van der Waals surface area (Å²) in [4.78, 5) is 6.90. The minimum absolute atomic E-state index is 0.387. The van der Waals surface area contributed by atoms with Crippen LogP contribution in [0.15, 0.2) is 24.4 Å². The van der Waals surface area contributed by atoms with E-state index in [1.165, 1.54) is 4.31 Å². The van der Waals surface area contributed by atoms with E-state index in [4.69, 9.17) is 14.6 Å². The molecule has 0 aliphatic carbocycles. The molecule has 3 heterocycles. The van der Waals surface area contributed by atoms with Crippen molar-refractivity contribution in [1.29, 1.82) is 0 Å². The molecule has 1 unspecified atom stereocenters. The van der Waals surface area contributed by atoms with E-state index >= 15 is 0 Å². The van der Waals surface area contributed by atoms with Crippen LogP contribution in [0.5, 0.6) is 11.5 Å². The highest BCUT2D eigenvalue weighted by Gasteiger charge is 2.33. The first-order chi connectivity index (χ1) is 14.4. The van der Waals surface area contributed by atoms with Crippen LogP contribution in [0, 0.1) is 11.8 Å². The molecule has 164 valence electrons. The second-order valence-electron chi connectivity index (χ2n) is 8.18. The molecule has 0 spiro atoms. The van der Waals surface area contributed by atoms with Gasteiger partial charge in [-0.15, -0.1) is 0 Å². The Morgan fingerprint density at radius 1 is 1.03 bits per heavy atom. The smallest absolute Gasteiger partial charge is 0.276 e. The third-order valence-corrected chi connectivity index (χ3v) is 7.60. The molecule has 0 bridgehead atoms. The second-order valence-corrected chi connectivity index (χ2v) is 9.73. The lowest BCUT2D eigenvalue weighted by atomic mass is 9.80. The largest absolute Gasteiger partial charge is 0.493 e. The molecule has 2 aliphatic heterocycles. The molecule has 30 heavy (non-hydrogen) atoms. The van der Waals surface area contributed by atoms with Crippen LogP contribution in [0.3, 0.4) is 0 Å². The minimum Gasteiger partial charge on any atom is -0.493 e. The van der Waals surface area contributed by atoms with Gasteiger partial charge in [-0.3, -0.25) is 4.98 Å². The van der Waals surface area contributed by atoms with Gasteiger partial charge in [0.15, 0.2) is 11.5 Å². The van der Waals surface area contributed by atoms with E-state index in [1.807, 2.05) is 18.3 Å². The molecule has 4 rings (SSSR count). The van der Waals surface area contributed by atoms with Gasteiger partial charge in [0.2, 0.25) is 0 Å². The average Bonchev–Trinajstić information content (AvgIpc) is 2.77. The molecule has 1 aromatic carbocycles. The van der Waals surface area contributed by atoms with Crippen molar-refractivity contribution in [2.24, 2.45) is 17.0 Å². The number of piperidine rings is 2. The molecule has 0 amide bonds. The zero-order valence-corrected chi connectivity index (χ0v) is 18.4. The van der Waals surface area contributed by atoms with Crippen LogP contribution in [0.2, 0.25) is 0 Å². The summed E-state index contributed by atoms with van der Waals surface area (Å²) in [6.45, 7) is 2.97. The molecule has 2 N–H and O–H groups in total. The van der Waals surface area contributed by atoms with Gasteiger partial charge < -0.3 is 14.4 Å². The number of aromatic nitrogens is 1. The Hall–Kier alpha value is -2.10. The quantitative estimate of drug-likeness (QED) is 0.776. The Labute approximate surface area is 178 Å². The average molecular weight is 435 g/mol. The van der Waals surface area contributed by atoms with E-state index < -0.39 is 10.2 Å². The maximum atomic E-state index is 11.7. The van der Waals surface area contributed by atoms with Gasteiger partial charge in [-0.1, -0.05) is 0 Å². The first-order valence-corrected chi connectivity index (χ1v) is 11.9. The van der Waals surface area contributed by atoms with Crippen molar-refractivity contribution in [3.8, 4) is 11.5 Å². The summed E-state index contributed by atoms with van der Waals surface area (Å²) in [5.41, 5.74) is 2.03. The fraction of sp³-hybridized carbons (Fsp3) is 0.571. The van der Waals surface area contributed by atoms with Gasteiger partial charge in [0.25, 0.3) is 10.2 Å². The molecule has 2 fully saturated rings. The maximum absolute atomic E-state index is 11.7. The van der Waals surface area contributed by atoms with Crippen LogP contribution in [0.4, 0.5) is 5.69 Å². The number of methoxy groups -OCH3 is 2. The van der Waals surface area contributed by atoms with E-state index in [0.29, 0.717) is 36.4 Å².